The van der Waals surface area contributed by atoms with Crippen molar-refractivity contribution in [1.82, 2.24) is 4.98 Å². The second kappa shape index (κ2) is 8.68. The molecule has 0 radical (unpaired) electrons. The highest BCUT2D eigenvalue weighted by Gasteiger charge is 2.36. The summed E-state index contributed by atoms with van der Waals surface area (Å²) in [5.74, 6) is -3.66. The Balaban J connectivity index is 1.50. The average molecular weight is 557 g/mol. The highest BCUT2D eigenvalue weighted by Crippen LogP contribution is 2.47. The SMILES string of the molecule is O=C1C[C@@H](c2cc3cc4c(cc3[nH]c2=O)OCCO4)c2c(cc(O)c3c(=O)c(O)c(-c4ccc(O)c(O)c4)oc23)O1. The zero-order valence-electron chi connectivity index (χ0n) is 20.9. The molecule has 0 saturated carbocycles. The average Bonchev–Trinajstić information content (AvgIpc) is 2.94. The second-order valence-corrected chi connectivity index (χ2v) is 9.69. The number of pyridine rings is 1. The van der Waals surface area contributed by atoms with Gasteiger partial charge in [-0.1, -0.05) is 0 Å². The fourth-order valence-electron chi connectivity index (χ4n) is 5.33. The van der Waals surface area contributed by atoms with Crippen LogP contribution < -0.4 is 25.2 Å². The van der Waals surface area contributed by atoms with Gasteiger partial charge in [-0.2, -0.15) is 0 Å². The number of H-pyrrole nitrogens is 1. The second-order valence-electron chi connectivity index (χ2n) is 9.69. The van der Waals surface area contributed by atoms with E-state index in [2.05, 4.69) is 4.98 Å². The first-order chi connectivity index (χ1) is 19.7. The van der Waals surface area contributed by atoms with E-state index < -0.39 is 51.3 Å². The van der Waals surface area contributed by atoms with E-state index in [1.54, 1.807) is 18.2 Å². The topological polar surface area (TPSA) is 189 Å². The number of rotatable bonds is 2. The third-order valence-corrected chi connectivity index (χ3v) is 7.21. The fourth-order valence-corrected chi connectivity index (χ4v) is 5.33. The number of ether oxygens (including phenoxy) is 3. The van der Waals surface area contributed by atoms with Crippen LogP contribution in [0.15, 0.2) is 56.5 Å². The quantitative estimate of drug-likeness (QED) is 0.122. The Morgan fingerprint density at radius 3 is 2.32 bits per heavy atom. The number of esters is 1. The summed E-state index contributed by atoms with van der Waals surface area (Å²) in [5, 5.41) is 41.3. The van der Waals surface area contributed by atoms with E-state index in [1.807, 2.05) is 0 Å². The van der Waals surface area contributed by atoms with Gasteiger partial charge in [0.05, 0.1) is 11.9 Å². The Labute approximate surface area is 228 Å². The lowest BCUT2D eigenvalue weighted by molar-refractivity contribution is -0.135. The summed E-state index contributed by atoms with van der Waals surface area (Å²) in [7, 11) is 0. The standard InChI is InChI=1S/C29H19NO11/c31-16-2-1-11(6-17(16)32)27-26(36)25(35)24-18(33)10-21-23(28(24)41-27)13(8-22(34)40-21)14-5-12-7-19-20(39-4-3-38-19)9-15(12)30-29(14)37/h1-2,5-7,9-10,13,31-33,36H,3-4,8H2,(H,30,37)/t13-/m0/s1. The Bertz CT molecular complexity index is 2080. The zero-order chi connectivity index (χ0) is 28.6. The molecule has 0 saturated heterocycles. The van der Waals surface area contributed by atoms with Crippen LogP contribution in [0.1, 0.15) is 23.5 Å². The molecule has 4 heterocycles. The molecule has 41 heavy (non-hydrogen) atoms. The molecule has 2 aromatic heterocycles. The van der Waals surface area contributed by atoms with E-state index >= 15 is 0 Å². The zero-order valence-corrected chi connectivity index (χ0v) is 20.9. The first kappa shape index (κ1) is 24.4. The minimum Gasteiger partial charge on any atom is -0.507 e. The summed E-state index contributed by atoms with van der Waals surface area (Å²) < 4.78 is 22.6. The number of carbonyl (C=O) groups is 1. The molecule has 0 aliphatic carbocycles. The van der Waals surface area contributed by atoms with Gasteiger partial charge in [-0.15, -0.1) is 0 Å². The smallest absolute Gasteiger partial charge is 0.312 e. The molecular formula is C29H19NO11. The number of hydrogen-bond donors (Lipinski definition) is 5. The molecule has 3 aromatic carbocycles. The first-order valence-corrected chi connectivity index (χ1v) is 12.4. The number of nitrogens with one attached hydrogen (secondary N) is 1. The molecule has 7 rings (SSSR count). The Morgan fingerprint density at radius 2 is 1.56 bits per heavy atom. The molecule has 5 aromatic rings. The highest BCUT2D eigenvalue weighted by molar-refractivity contribution is 5.94. The summed E-state index contributed by atoms with van der Waals surface area (Å²) >= 11 is 0. The number of phenols is 3. The van der Waals surface area contributed by atoms with E-state index in [1.165, 1.54) is 6.07 Å². The number of aromatic nitrogens is 1. The fraction of sp³-hybridized carbons (Fsp3) is 0.138. The molecule has 2 aliphatic rings. The third-order valence-electron chi connectivity index (χ3n) is 7.21. The van der Waals surface area contributed by atoms with Crippen molar-refractivity contribution in [1.29, 1.82) is 0 Å². The Morgan fingerprint density at radius 1 is 0.805 bits per heavy atom. The molecular weight excluding hydrogens is 538 g/mol. The van der Waals surface area contributed by atoms with Crippen LogP contribution >= 0.6 is 0 Å². The molecule has 2 aliphatic heterocycles. The number of hydrogen-bond acceptors (Lipinski definition) is 11. The van der Waals surface area contributed by atoms with E-state index in [9.17, 15) is 34.8 Å². The summed E-state index contributed by atoms with van der Waals surface area (Å²) in [5.41, 5.74) is -0.965. The van der Waals surface area contributed by atoms with Gasteiger partial charge in [-0.05, 0) is 30.3 Å². The van der Waals surface area contributed by atoms with E-state index in [4.69, 9.17) is 18.6 Å². The first-order valence-electron chi connectivity index (χ1n) is 12.4. The van der Waals surface area contributed by atoms with Crippen molar-refractivity contribution < 1.29 is 43.8 Å². The Kier molecular flexibility index (Phi) is 5.16. The lowest BCUT2D eigenvalue weighted by Gasteiger charge is -2.26. The molecule has 0 bridgehead atoms. The maximum Gasteiger partial charge on any atom is 0.312 e. The number of aromatic hydroxyl groups is 4. The molecule has 0 amide bonds. The van der Waals surface area contributed by atoms with Gasteiger partial charge in [-0.3, -0.25) is 14.4 Å². The van der Waals surface area contributed by atoms with Crippen LogP contribution in [0.4, 0.5) is 0 Å². The molecule has 0 unspecified atom stereocenters. The molecule has 1 atom stereocenters. The van der Waals surface area contributed by atoms with Crippen molar-refractivity contribution in [2.45, 2.75) is 12.3 Å². The van der Waals surface area contributed by atoms with Crippen LogP contribution in [0.5, 0.6) is 40.2 Å². The number of benzene rings is 3. The minimum absolute atomic E-state index is 0.0359. The normalized spacial score (nSPS) is 16.0. The van der Waals surface area contributed by atoms with Gasteiger partial charge in [0.2, 0.25) is 11.2 Å². The van der Waals surface area contributed by atoms with Crippen LogP contribution in [0.2, 0.25) is 0 Å². The van der Waals surface area contributed by atoms with E-state index in [0.717, 1.165) is 18.2 Å². The van der Waals surface area contributed by atoms with Crippen molar-refractivity contribution in [3.63, 3.8) is 0 Å². The van der Waals surface area contributed by atoms with Crippen LogP contribution in [-0.2, 0) is 4.79 Å². The maximum absolute atomic E-state index is 13.4. The predicted octanol–water partition coefficient (Wildman–Crippen LogP) is 3.34. The van der Waals surface area contributed by atoms with Gasteiger partial charge in [0.15, 0.2) is 28.8 Å². The summed E-state index contributed by atoms with van der Waals surface area (Å²) in [4.78, 5) is 42.1. The lowest BCUT2D eigenvalue weighted by Crippen LogP contribution is -2.26. The van der Waals surface area contributed by atoms with Crippen LogP contribution in [0.25, 0.3) is 33.2 Å². The van der Waals surface area contributed by atoms with Crippen LogP contribution in [0.3, 0.4) is 0 Å². The maximum atomic E-state index is 13.4. The number of carbonyl (C=O) groups excluding carboxylic acids is 1. The molecule has 12 heteroatoms. The van der Waals surface area contributed by atoms with Gasteiger partial charge in [0.25, 0.3) is 5.56 Å². The molecule has 0 spiro atoms. The van der Waals surface area contributed by atoms with Crippen LogP contribution in [0, 0.1) is 0 Å². The van der Waals surface area contributed by atoms with Crippen molar-refractivity contribution in [3.05, 3.63) is 74.2 Å². The summed E-state index contributed by atoms with van der Waals surface area (Å²) in [6.45, 7) is 0.729. The molecule has 12 nitrogen and oxygen atoms in total. The van der Waals surface area contributed by atoms with Gasteiger partial charge >= 0.3 is 5.97 Å². The van der Waals surface area contributed by atoms with Gasteiger partial charge < -0.3 is 44.0 Å². The highest BCUT2D eigenvalue weighted by atomic mass is 16.6. The third kappa shape index (κ3) is 3.72. The molecule has 5 N–H and O–H groups in total. The number of fused-ring (bicyclic) bond motifs is 5. The summed E-state index contributed by atoms with van der Waals surface area (Å²) in [6.07, 6.45) is -0.300. The molecule has 0 fully saturated rings. The van der Waals surface area contributed by atoms with Gasteiger partial charge in [0.1, 0.15) is 35.7 Å². The lowest BCUT2D eigenvalue weighted by atomic mass is 9.85. The summed E-state index contributed by atoms with van der Waals surface area (Å²) in [6, 6.07) is 9.51. The van der Waals surface area contributed by atoms with Crippen molar-refractivity contribution in [2.75, 3.05) is 13.2 Å². The monoisotopic (exact) mass is 557 g/mol. The largest absolute Gasteiger partial charge is 0.507 e. The molecule has 206 valence electrons. The van der Waals surface area contributed by atoms with Crippen molar-refractivity contribution in [3.8, 4) is 51.6 Å². The van der Waals surface area contributed by atoms with Crippen LogP contribution in [-0.4, -0.2) is 44.6 Å². The van der Waals surface area contributed by atoms with E-state index in [0.29, 0.717) is 35.6 Å². The number of phenolic OH excluding ortho intramolecular Hbond substituents is 3. The van der Waals surface area contributed by atoms with E-state index in [-0.39, 0.29) is 40.2 Å². The van der Waals surface area contributed by atoms with Crippen molar-refractivity contribution >= 4 is 27.8 Å². The number of aromatic amines is 1. The minimum atomic E-state index is -0.999. The van der Waals surface area contributed by atoms with Gasteiger partial charge in [0, 0.05) is 40.1 Å². The van der Waals surface area contributed by atoms with Gasteiger partial charge in [-0.25, -0.2) is 0 Å². The van der Waals surface area contributed by atoms with Crippen molar-refractivity contribution in [2.24, 2.45) is 0 Å². The Hall–Kier alpha value is -5.65. The predicted molar refractivity (Wildman–Crippen MR) is 142 cm³/mol.